The standard InChI is InChI=1S/C9H7N3O3/c13-9(14)8-4-1-2-6-5(3-15-12-6)7(4)10-11-8/h3H,1-2H2,(H,10,11)(H,13,14). The zero-order chi connectivity index (χ0) is 10.4. The number of aryl methyl sites for hydroxylation is 1. The summed E-state index contributed by atoms with van der Waals surface area (Å²) >= 11 is 0. The van der Waals surface area contributed by atoms with Gasteiger partial charge in [0.25, 0.3) is 0 Å². The van der Waals surface area contributed by atoms with Gasteiger partial charge in [0, 0.05) is 5.56 Å². The summed E-state index contributed by atoms with van der Waals surface area (Å²) in [5.41, 5.74) is 3.18. The number of aromatic amines is 1. The predicted molar refractivity (Wildman–Crippen MR) is 48.5 cm³/mol. The summed E-state index contributed by atoms with van der Waals surface area (Å²) in [4.78, 5) is 10.9. The van der Waals surface area contributed by atoms with Crippen molar-refractivity contribution in [2.45, 2.75) is 12.8 Å². The molecule has 0 atom stereocenters. The third-order valence-electron chi connectivity index (χ3n) is 2.59. The molecule has 3 rings (SSSR count). The molecule has 0 saturated carbocycles. The van der Waals surface area contributed by atoms with E-state index in [0.717, 1.165) is 16.8 Å². The second kappa shape index (κ2) is 2.69. The molecule has 0 aliphatic heterocycles. The van der Waals surface area contributed by atoms with E-state index in [1.807, 2.05) is 0 Å². The minimum Gasteiger partial charge on any atom is -0.477 e. The lowest BCUT2D eigenvalue weighted by atomic mass is 9.94. The first-order valence-corrected chi connectivity index (χ1v) is 4.51. The first-order chi connectivity index (χ1) is 7.27. The van der Waals surface area contributed by atoms with Gasteiger partial charge in [0.15, 0.2) is 0 Å². The van der Waals surface area contributed by atoms with Crippen LogP contribution in [0.15, 0.2) is 10.8 Å². The normalized spacial score (nSPS) is 13.3. The summed E-state index contributed by atoms with van der Waals surface area (Å²) in [6, 6.07) is 0. The topological polar surface area (TPSA) is 92.0 Å². The van der Waals surface area contributed by atoms with Crippen LogP contribution in [0.2, 0.25) is 0 Å². The molecular formula is C9H7N3O3. The third-order valence-corrected chi connectivity index (χ3v) is 2.59. The quantitative estimate of drug-likeness (QED) is 0.720. The van der Waals surface area contributed by atoms with Gasteiger partial charge in [-0.05, 0) is 12.8 Å². The van der Waals surface area contributed by atoms with Gasteiger partial charge >= 0.3 is 5.97 Å². The Balaban J connectivity index is 2.23. The first-order valence-electron chi connectivity index (χ1n) is 4.51. The van der Waals surface area contributed by atoms with E-state index in [1.54, 1.807) is 0 Å². The SMILES string of the molecule is O=C(O)c1[nH]nc2c1CCc1nocc1-2. The second-order valence-electron chi connectivity index (χ2n) is 3.41. The summed E-state index contributed by atoms with van der Waals surface area (Å²) in [6.07, 6.45) is 2.82. The highest BCUT2D eigenvalue weighted by molar-refractivity contribution is 5.90. The molecule has 2 aromatic rings. The van der Waals surface area contributed by atoms with Crippen LogP contribution in [0.4, 0.5) is 0 Å². The molecule has 0 spiro atoms. The molecule has 1 aliphatic carbocycles. The van der Waals surface area contributed by atoms with Crippen LogP contribution in [0.5, 0.6) is 0 Å². The molecule has 0 saturated heterocycles. The molecule has 76 valence electrons. The van der Waals surface area contributed by atoms with E-state index < -0.39 is 5.97 Å². The second-order valence-corrected chi connectivity index (χ2v) is 3.41. The van der Waals surface area contributed by atoms with Crippen molar-refractivity contribution in [3.8, 4) is 11.3 Å². The minimum absolute atomic E-state index is 0.164. The molecule has 2 N–H and O–H groups in total. The van der Waals surface area contributed by atoms with Gasteiger partial charge in [-0.1, -0.05) is 5.16 Å². The van der Waals surface area contributed by atoms with E-state index in [1.165, 1.54) is 6.26 Å². The highest BCUT2D eigenvalue weighted by Gasteiger charge is 2.27. The number of aromatic nitrogens is 3. The molecule has 6 heteroatoms. The van der Waals surface area contributed by atoms with Gasteiger partial charge in [-0.3, -0.25) is 5.10 Å². The molecule has 0 aromatic carbocycles. The number of carbonyl (C=O) groups is 1. The summed E-state index contributed by atoms with van der Waals surface area (Å²) < 4.78 is 4.84. The maximum absolute atomic E-state index is 10.9. The lowest BCUT2D eigenvalue weighted by Gasteiger charge is -2.08. The van der Waals surface area contributed by atoms with Crippen LogP contribution < -0.4 is 0 Å². The first kappa shape index (κ1) is 8.22. The molecule has 2 heterocycles. The van der Waals surface area contributed by atoms with Crippen molar-refractivity contribution in [1.29, 1.82) is 0 Å². The number of H-pyrrole nitrogens is 1. The van der Waals surface area contributed by atoms with E-state index >= 15 is 0 Å². The molecule has 0 unspecified atom stereocenters. The largest absolute Gasteiger partial charge is 0.477 e. The van der Waals surface area contributed by atoms with Crippen molar-refractivity contribution in [3.63, 3.8) is 0 Å². The van der Waals surface area contributed by atoms with Crippen molar-refractivity contribution < 1.29 is 14.4 Å². The average molecular weight is 205 g/mol. The highest BCUT2D eigenvalue weighted by atomic mass is 16.5. The van der Waals surface area contributed by atoms with Crippen molar-refractivity contribution in [2.24, 2.45) is 0 Å². The molecule has 0 radical (unpaired) electrons. The monoisotopic (exact) mass is 205 g/mol. The summed E-state index contributed by atoms with van der Waals surface area (Å²) in [5.74, 6) is -0.983. The van der Waals surface area contributed by atoms with Crippen LogP contribution in [-0.4, -0.2) is 26.4 Å². The number of carboxylic acid groups (broad SMARTS) is 1. The number of nitrogens with one attached hydrogen (secondary N) is 1. The Morgan fingerprint density at radius 1 is 1.53 bits per heavy atom. The van der Waals surface area contributed by atoms with Crippen molar-refractivity contribution in [1.82, 2.24) is 15.4 Å². The molecule has 0 bridgehead atoms. The van der Waals surface area contributed by atoms with Gasteiger partial charge in [0.05, 0.1) is 11.3 Å². The fourth-order valence-corrected chi connectivity index (χ4v) is 1.88. The molecular weight excluding hydrogens is 198 g/mol. The van der Waals surface area contributed by atoms with Gasteiger partial charge < -0.3 is 9.63 Å². The van der Waals surface area contributed by atoms with Gasteiger partial charge in [0.1, 0.15) is 17.7 Å². The maximum atomic E-state index is 10.9. The van der Waals surface area contributed by atoms with Crippen LogP contribution in [0.3, 0.4) is 0 Å². The highest BCUT2D eigenvalue weighted by Crippen LogP contribution is 2.32. The Morgan fingerprint density at radius 2 is 2.40 bits per heavy atom. The average Bonchev–Trinajstić information content (AvgIpc) is 2.82. The Labute approximate surface area is 83.9 Å². The fourth-order valence-electron chi connectivity index (χ4n) is 1.88. The van der Waals surface area contributed by atoms with Gasteiger partial charge in [-0.25, -0.2) is 4.79 Å². The van der Waals surface area contributed by atoms with Crippen LogP contribution in [0.1, 0.15) is 21.7 Å². The summed E-state index contributed by atoms with van der Waals surface area (Å²) in [7, 11) is 0. The third kappa shape index (κ3) is 1.01. The molecule has 0 amide bonds. The summed E-state index contributed by atoms with van der Waals surface area (Å²) in [5, 5.41) is 19.3. The van der Waals surface area contributed by atoms with Crippen LogP contribution in [-0.2, 0) is 12.8 Å². The Kier molecular flexibility index (Phi) is 1.47. The Hall–Kier alpha value is -2.11. The van der Waals surface area contributed by atoms with Crippen LogP contribution >= 0.6 is 0 Å². The van der Waals surface area contributed by atoms with E-state index in [0.29, 0.717) is 18.5 Å². The number of hydrogen-bond acceptors (Lipinski definition) is 4. The fraction of sp³-hybridized carbons (Fsp3) is 0.222. The van der Waals surface area contributed by atoms with Gasteiger partial charge in [-0.2, -0.15) is 5.10 Å². The molecule has 0 fully saturated rings. The number of nitrogens with zero attached hydrogens (tertiary/aromatic N) is 2. The number of hydrogen-bond donors (Lipinski definition) is 2. The van der Waals surface area contributed by atoms with Gasteiger partial charge in [-0.15, -0.1) is 0 Å². The zero-order valence-corrected chi connectivity index (χ0v) is 7.65. The van der Waals surface area contributed by atoms with Crippen LogP contribution in [0.25, 0.3) is 11.3 Å². The van der Waals surface area contributed by atoms with E-state index in [4.69, 9.17) is 9.63 Å². The van der Waals surface area contributed by atoms with Crippen LogP contribution in [0, 0.1) is 0 Å². The lowest BCUT2D eigenvalue weighted by molar-refractivity contribution is 0.0689. The van der Waals surface area contributed by atoms with E-state index in [-0.39, 0.29) is 5.69 Å². The van der Waals surface area contributed by atoms with Gasteiger partial charge in [0.2, 0.25) is 0 Å². The number of fused-ring (bicyclic) bond motifs is 3. The number of carboxylic acids is 1. The zero-order valence-electron chi connectivity index (χ0n) is 7.65. The van der Waals surface area contributed by atoms with Crippen molar-refractivity contribution in [2.75, 3.05) is 0 Å². The Morgan fingerprint density at radius 3 is 3.20 bits per heavy atom. The maximum Gasteiger partial charge on any atom is 0.354 e. The molecule has 1 aliphatic rings. The molecule has 15 heavy (non-hydrogen) atoms. The molecule has 6 nitrogen and oxygen atoms in total. The van der Waals surface area contributed by atoms with E-state index in [9.17, 15) is 4.79 Å². The van der Waals surface area contributed by atoms with Crippen molar-refractivity contribution >= 4 is 5.97 Å². The number of aromatic carboxylic acids is 1. The minimum atomic E-state index is -0.983. The smallest absolute Gasteiger partial charge is 0.354 e. The summed E-state index contributed by atoms with van der Waals surface area (Å²) in [6.45, 7) is 0. The van der Waals surface area contributed by atoms with Crippen molar-refractivity contribution in [3.05, 3.63) is 23.2 Å². The van der Waals surface area contributed by atoms with E-state index in [2.05, 4.69) is 15.4 Å². The lowest BCUT2D eigenvalue weighted by Crippen LogP contribution is -2.06. The Bertz CT molecular complexity index is 541. The molecule has 2 aromatic heterocycles. The predicted octanol–water partition coefficient (Wildman–Crippen LogP) is 0.861. The number of rotatable bonds is 1.